The van der Waals surface area contributed by atoms with Crippen LogP contribution in [0.1, 0.15) is 65.9 Å². The molecule has 0 atom stereocenters. The van der Waals surface area contributed by atoms with Crippen molar-refractivity contribution in [3.05, 3.63) is 29.8 Å². The molecule has 5 nitrogen and oxygen atoms in total. The minimum Gasteiger partial charge on any atom is -0.494 e. The van der Waals surface area contributed by atoms with E-state index in [0.717, 1.165) is 25.0 Å². The van der Waals surface area contributed by atoms with Gasteiger partial charge in [0.15, 0.2) is 5.71 Å². The third kappa shape index (κ3) is 8.05. The summed E-state index contributed by atoms with van der Waals surface area (Å²) < 4.78 is 10.8. The molecule has 0 aromatic heterocycles. The predicted octanol–water partition coefficient (Wildman–Crippen LogP) is 4.71. The molecule has 0 amide bonds. The molecule has 0 fully saturated rings. The van der Waals surface area contributed by atoms with Crippen molar-refractivity contribution in [2.45, 2.75) is 71.8 Å². The molecule has 1 N–H and O–H groups in total. The fraction of sp³-hybridized carbons (Fsp3) is 0.600. The van der Waals surface area contributed by atoms with Crippen molar-refractivity contribution in [3.8, 4) is 5.75 Å². The van der Waals surface area contributed by atoms with Gasteiger partial charge in [0.2, 0.25) is 0 Å². The first-order valence-electron chi connectivity index (χ1n) is 8.89. The van der Waals surface area contributed by atoms with Crippen LogP contribution in [0.5, 0.6) is 5.75 Å². The number of esters is 1. The number of carbonyl (C=O) groups excluding carboxylic acids is 1. The zero-order chi connectivity index (χ0) is 18.9. The van der Waals surface area contributed by atoms with Crippen LogP contribution in [0.3, 0.4) is 0 Å². The van der Waals surface area contributed by atoms with E-state index in [0.29, 0.717) is 13.0 Å². The summed E-state index contributed by atoms with van der Waals surface area (Å²) in [4.78, 5) is 11.6. The lowest BCUT2D eigenvalue weighted by Crippen LogP contribution is -2.21. The van der Waals surface area contributed by atoms with Crippen molar-refractivity contribution >= 4 is 11.7 Å². The Balaban J connectivity index is 2.25. The second-order valence-corrected chi connectivity index (χ2v) is 7.43. The van der Waals surface area contributed by atoms with Gasteiger partial charge in [-0.1, -0.05) is 38.1 Å². The Morgan fingerprint density at radius 1 is 1.12 bits per heavy atom. The number of nitrogens with zero attached hydrogens (tertiary/aromatic N) is 1. The van der Waals surface area contributed by atoms with Gasteiger partial charge in [-0.25, -0.2) is 4.79 Å². The minimum atomic E-state index is -0.548. The van der Waals surface area contributed by atoms with Gasteiger partial charge in [0.05, 0.1) is 12.7 Å². The molecule has 0 aliphatic heterocycles. The molecule has 0 aliphatic carbocycles. The number of oxime groups is 1. The quantitative estimate of drug-likeness (QED) is 0.231. The van der Waals surface area contributed by atoms with Gasteiger partial charge in [0.25, 0.3) is 0 Å². The monoisotopic (exact) mass is 349 g/mol. The third-order valence-corrected chi connectivity index (χ3v) is 3.75. The maximum absolute atomic E-state index is 11.6. The highest BCUT2D eigenvalue weighted by molar-refractivity contribution is 6.36. The van der Waals surface area contributed by atoms with Crippen molar-refractivity contribution in [2.24, 2.45) is 5.16 Å². The number of benzene rings is 1. The maximum atomic E-state index is 11.6. The van der Waals surface area contributed by atoms with Gasteiger partial charge in [-0.05, 0) is 56.2 Å². The molecule has 0 unspecified atom stereocenters. The Hall–Kier alpha value is -2.04. The molecule has 5 heteroatoms. The zero-order valence-electron chi connectivity index (χ0n) is 16.0. The summed E-state index contributed by atoms with van der Waals surface area (Å²) in [6, 6.07) is 8.19. The highest BCUT2D eigenvalue weighted by Crippen LogP contribution is 2.24. The van der Waals surface area contributed by atoms with Gasteiger partial charge >= 0.3 is 5.97 Å². The Labute approximate surface area is 151 Å². The lowest BCUT2D eigenvalue weighted by molar-refractivity contribution is -0.139. The van der Waals surface area contributed by atoms with Crippen molar-refractivity contribution in [1.82, 2.24) is 0 Å². The first-order valence-corrected chi connectivity index (χ1v) is 8.89. The number of hydrogen-bond donors (Lipinski definition) is 1. The lowest BCUT2D eigenvalue weighted by atomic mass is 9.87. The maximum Gasteiger partial charge on any atom is 0.356 e. The normalized spacial score (nSPS) is 12.3. The number of ether oxygens (including phenoxy) is 2. The van der Waals surface area contributed by atoms with E-state index in [9.17, 15) is 4.79 Å². The minimum absolute atomic E-state index is 0.0763. The van der Waals surface area contributed by atoms with E-state index in [2.05, 4.69) is 38.1 Å². The molecule has 25 heavy (non-hydrogen) atoms. The summed E-state index contributed by atoms with van der Waals surface area (Å²) in [6.07, 6.45) is 2.69. The first kappa shape index (κ1) is 21.0. The Morgan fingerprint density at radius 2 is 1.76 bits per heavy atom. The zero-order valence-corrected chi connectivity index (χ0v) is 16.0. The molecule has 0 saturated heterocycles. The lowest BCUT2D eigenvalue weighted by Gasteiger charge is -2.19. The number of hydrogen-bond acceptors (Lipinski definition) is 5. The fourth-order valence-corrected chi connectivity index (χ4v) is 2.29. The van der Waals surface area contributed by atoms with E-state index in [-0.39, 0.29) is 17.2 Å². The van der Waals surface area contributed by atoms with Crippen LogP contribution in [0.25, 0.3) is 0 Å². The second kappa shape index (κ2) is 10.1. The third-order valence-electron chi connectivity index (χ3n) is 3.75. The Morgan fingerprint density at radius 3 is 2.28 bits per heavy atom. The summed E-state index contributed by atoms with van der Waals surface area (Å²) in [5.74, 6) is 0.318. The SMILES string of the molecule is CC(C)OC(=O)/C(CCCCCOc1ccc(C(C)(C)C)cc1)=N\O. The van der Waals surface area contributed by atoms with Crippen molar-refractivity contribution < 1.29 is 19.5 Å². The molecular formula is C20H31NO4. The molecule has 0 aliphatic rings. The van der Waals surface area contributed by atoms with Crippen LogP contribution in [0, 0.1) is 0 Å². The average molecular weight is 349 g/mol. The Kier molecular flexibility index (Phi) is 8.46. The average Bonchev–Trinajstić information content (AvgIpc) is 2.53. The van der Waals surface area contributed by atoms with Crippen LogP contribution in [0.15, 0.2) is 29.4 Å². The first-order chi connectivity index (χ1) is 11.7. The number of unbranched alkanes of at least 4 members (excludes halogenated alkanes) is 2. The second-order valence-electron chi connectivity index (χ2n) is 7.43. The summed E-state index contributed by atoms with van der Waals surface area (Å²) in [5.41, 5.74) is 1.50. The van der Waals surface area contributed by atoms with Gasteiger partial charge in [0, 0.05) is 6.42 Å². The van der Waals surface area contributed by atoms with E-state index < -0.39 is 5.97 Å². The Bertz CT molecular complexity index is 556. The smallest absolute Gasteiger partial charge is 0.356 e. The van der Waals surface area contributed by atoms with Gasteiger partial charge in [-0.15, -0.1) is 0 Å². The van der Waals surface area contributed by atoms with Gasteiger partial charge in [-0.3, -0.25) is 0 Å². The molecule has 140 valence electrons. The molecule has 1 aromatic carbocycles. The summed E-state index contributed by atoms with van der Waals surface area (Å²) in [7, 11) is 0. The van der Waals surface area contributed by atoms with E-state index in [1.54, 1.807) is 13.8 Å². The van der Waals surface area contributed by atoms with Gasteiger partial charge in [-0.2, -0.15) is 0 Å². The summed E-state index contributed by atoms with van der Waals surface area (Å²) >= 11 is 0. The van der Waals surface area contributed by atoms with Crippen LogP contribution < -0.4 is 4.74 Å². The van der Waals surface area contributed by atoms with Crippen molar-refractivity contribution in [1.29, 1.82) is 0 Å². The largest absolute Gasteiger partial charge is 0.494 e. The van der Waals surface area contributed by atoms with Gasteiger partial charge < -0.3 is 14.7 Å². The molecule has 1 rings (SSSR count). The summed E-state index contributed by atoms with van der Waals surface area (Å²) in [6.45, 7) is 10.7. The van der Waals surface area contributed by atoms with E-state index in [1.807, 2.05) is 12.1 Å². The van der Waals surface area contributed by atoms with Crippen molar-refractivity contribution in [2.75, 3.05) is 6.61 Å². The van der Waals surface area contributed by atoms with Crippen LogP contribution in [-0.4, -0.2) is 29.6 Å². The molecule has 0 heterocycles. The molecule has 1 aromatic rings. The number of rotatable bonds is 9. The summed E-state index contributed by atoms with van der Waals surface area (Å²) in [5, 5.41) is 11.9. The fourth-order valence-electron chi connectivity index (χ4n) is 2.29. The molecule has 0 radical (unpaired) electrons. The van der Waals surface area contributed by atoms with Crippen LogP contribution >= 0.6 is 0 Å². The van der Waals surface area contributed by atoms with E-state index in [4.69, 9.17) is 14.7 Å². The molecule has 0 bridgehead atoms. The predicted molar refractivity (Wildman–Crippen MR) is 99.6 cm³/mol. The molecule has 0 spiro atoms. The standard InChI is InChI=1S/C20H31NO4/c1-15(2)25-19(22)18(21-23)9-7-6-8-14-24-17-12-10-16(11-13-17)20(3,4)5/h10-13,15,23H,6-9,14H2,1-5H3/b21-18-. The highest BCUT2D eigenvalue weighted by atomic mass is 16.5. The van der Waals surface area contributed by atoms with E-state index >= 15 is 0 Å². The highest BCUT2D eigenvalue weighted by Gasteiger charge is 2.15. The molecule has 0 saturated carbocycles. The number of carbonyl (C=O) groups is 1. The van der Waals surface area contributed by atoms with Crippen LogP contribution in [0.2, 0.25) is 0 Å². The molecular weight excluding hydrogens is 318 g/mol. The van der Waals surface area contributed by atoms with Crippen LogP contribution in [-0.2, 0) is 14.9 Å². The van der Waals surface area contributed by atoms with Crippen LogP contribution in [0.4, 0.5) is 0 Å². The van der Waals surface area contributed by atoms with Crippen molar-refractivity contribution in [3.63, 3.8) is 0 Å². The topological polar surface area (TPSA) is 68.1 Å². The van der Waals surface area contributed by atoms with Gasteiger partial charge in [0.1, 0.15) is 5.75 Å². The van der Waals surface area contributed by atoms with E-state index in [1.165, 1.54) is 5.56 Å².